The summed E-state index contributed by atoms with van der Waals surface area (Å²) in [5, 5.41) is 0. The van der Waals surface area contributed by atoms with Crippen LogP contribution in [0.1, 0.15) is 51.2 Å². The fraction of sp³-hybridized carbons (Fsp3) is 0.500. The van der Waals surface area contributed by atoms with E-state index in [4.69, 9.17) is 17.2 Å². The molecular weight excluding hydrogens is 440 g/mol. The molecule has 2 saturated heterocycles. The number of rotatable bonds is 5. The number of aryl methyl sites for hydroxylation is 1. The van der Waals surface area contributed by atoms with Crippen molar-refractivity contribution in [2.45, 2.75) is 47.0 Å². The number of hydrogen-bond donors (Lipinski definition) is 0. The van der Waals surface area contributed by atoms with E-state index in [9.17, 15) is 9.59 Å². The van der Waals surface area contributed by atoms with Crippen LogP contribution in [0.25, 0.3) is 11.7 Å². The fourth-order valence-corrected chi connectivity index (χ4v) is 5.88. The van der Waals surface area contributed by atoms with Gasteiger partial charge in [-0.1, -0.05) is 57.2 Å². The molecule has 2 aromatic rings. The lowest BCUT2D eigenvalue weighted by atomic mass is 9.91. The molecule has 4 rings (SSSR count). The quantitative estimate of drug-likeness (QED) is 0.474. The van der Waals surface area contributed by atoms with Gasteiger partial charge in [0.25, 0.3) is 11.5 Å². The number of carbonyl (C=O) groups excluding carboxylic acids is 1. The molecule has 2 aliphatic heterocycles. The van der Waals surface area contributed by atoms with Crippen LogP contribution in [0.5, 0.6) is 0 Å². The van der Waals surface area contributed by atoms with Gasteiger partial charge in [-0.25, -0.2) is 4.98 Å². The summed E-state index contributed by atoms with van der Waals surface area (Å²) in [6.07, 6.45) is 6.57. The second-order valence-corrected chi connectivity index (χ2v) is 10.8. The minimum atomic E-state index is -0.154. The van der Waals surface area contributed by atoms with Crippen LogP contribution < -0.4 is 10.5 Å². The predicted molar refractivity (Wildman–Crippen MR) is 136 cm³/mol. The van der Waals surface area contributed by atoms with E-state index in [1.807, 2.05) is 19.1 Å². The predicted octanol–water partition coefficient (Wildman–Crippen LogP) is 4.49. The summed E-state index contributed by atoms with van der Waals surface area (Å²) in [5.74, 6) is 1.57. The number of thiocarbonyl (C=S) groups is 1. The van der Waals surface area contributed by atoms with Gasteiger partial charge in [-0.3, -0.25) is 18.9 Å². The number of anilines is 1. The first-order valence-electron chi connectivity index (χ1n) is 11.3. The Morgan fingerprint density at radius 1 is 1.22 bits per heavy atom. The van der Waals surface area contributed by atoms with E-state index in [1.165, 1.54) is 11.8 Å². The van der Waals surface area contributed by atoms with Crippen LogP contribution in [0, 0.1) is 18.8 Å². The number of piperidine rings is 1. The normalized spacial score (nSPS) is 23.1. The Hall–Kier alpha value is -2.19. The van der Waals surface area contributed by atoms with Crippen molar-refractivity contribution in [1.82, 2.24) is 14.3 Å². The average molecular weight is 471 g/mol. The highest BCUT2D eigenvalue weighted by Gasteiger charge is 2.33. The number of aromatic nitrogens is 2. The van der Waals surface area contributed by atoms with Gasteiger partial charge in [0.2, 0.25) is 0 Å². The molecule has 170 valence electrons. The van der Waals surface area contributed by atoms with E-state index in [2.05, 4.69) is 25.7 Å². The van der Waals surface area contributed by atoms with Crippen LogP contribution in [-0.2, 0) is 4.79 Å². The molecule has 8 heteroatoms. The lowest BCUT2D eigenvalue weighted by Crippen LogP contribution is -2.40. The van der Waals surface area contributed by atoms with Gasteiger partial charge in [-0.05, 0) is 49.3 Å². The first-order chi connectivity index (χ1) is 15.3. The molecular formula is C24H30N4O2S2. The highest BCUT2D eigenvalue weighted by Crippen LogP contribution is 2.34. The van der Waals surface area contributed by atoms with Crippen molar-refractivity contribution in [2.24, 2.45) is 11.8 Å². The van der Waals surface area contributed by atoms with Gasteiger partial charge >= 0.3 is 0 Å². The van der Waals surface area contributed by atoms with Gasteiger partial charge < -0.3 is 4.90 Å². The van der Waals surface area contributed by atoms with Gasteiger partial charge in [0.1, 0.15) is 15.8 Å². The third kappa shape index (κ3) is 4.48. The zero-order valence-corrected chi connectivity index (χ0v) is 20.8. The number of pyridine rings is 1. The molecule has 32 heavy (non-hydrogen) atoms. The van der Waals surface area contributed by atoms with Crippen molar-refractivity contribution in [3.8, 4) is 0 Å². The second kappa shape index (κ2) is 9.35. The highest BCUT2D eigenvalue weighted by atomic mass is 32.2. The van der Waals surface area contributed by atoms with Crippen LogP contribution >= 0.6 is 24.0 Å². The standard InChI is InChI=1S/C24H30N4O2S2/c1-5-6-9-27-23(30)19(32-24(27)31)11-18-21(26-12-16(3)10-17(4)13-26)25-20-8-7-15(2)14-28(20)22(18)29/h7-8,11,14,16-17H,5-6,9-10,12-13H2,1-4H3/b19-11-. The number of thioether (sulfide) groups is 1. The molecule has 0 bridgehead atoms. The number of nitrogens with zero attached hydrogens (tertiary/aromatic N) is 4. The summed E-state index contributed by atoms with van der Waals surface area (Å²) >= 11 is 6.73. The van der Waals surface area contributed by atoms with Crippen LogP contribution in [0.4, 0.5) is 5.82 Å². The maximum atomic E-state index is 13.6. The third-order valence-corrected chi connectivity index (χ3v) is 7.42. The summed E-state index contributed by atoms with van der Waals surface area (Å²) in [6.45, 7) is 10.8. The largest absolute Gasteiger partial charge is 0.355 e. The van der Waals surface area contributed by atoms with Crippen LogP contribution in [0.2, 0.25) is 0 Å². The van der Waals surface area contributed by atoms with E-state index >= 15 is 0 Å². The lowest BCUT2D eigenvalue weighted by molar-refractivity contribution is -0.122. The van der Waals surface area contributed by atoms with Crippen molar-refractivity contribution in [3.63, 3.8) is 0 Å². The minimum absolute atomic E-state index is 0.117. The number of hydrogen-bond acceptors (Lipinski definition) is 6. The monoisotopic (exact) mass is 470 g/mol. The molecule has 0 saturated carbocycles. The summed E-state index contributed by atoms with van der Waals surface area (Å²) in [5.41, 5.74) is 1.91. The molecule has 0 N–H and O–H groups in total. The maximum absolute atomic E-state index is 13.6. The molecule has 4 heterocycles. The van der Waals surface area contributed by atoms with E-state index < -0.39 is 0 Å². The number of carbonyl (C=O) groups is 1. The number of amides is 1. The zero-order chi connectivity index (χ0) is 23.0. The average Bonchev–Trinajstić information content (AvgIpc) is 3.00. The Morgan fingerprint density at radius 2 is 1.94 bits per heavy atom. The van der Waals surface area contributed by atoms with Gasteiger partial charge in [0.15, 0.2) is 0 Å². The molecule has 2 fully saturated rings. The first kappa shape index (κ1) is 23.0. The molecule has 2 aliphatic rings. The van der Waals surface area contributed by atoms with E-state index in [1.54, 1.807) is 21.6 Å². The van der Waals surface area contributed by atoms with Crippen LogP contribution in [0.15, 0.2) is 28.0 Å². The minimum Gasteiger partial charge on any atom is -0.355 e. The molecule has 2 aromatic heterocycles. The van der Waals surface area contributed by atoms with E-state index in [0.29, 0.717) is 44.6 Å². The Balaban J connectivity index is 1.84. The summed E-state index contributed by atoms with van der Waals surface area (Å²) in [6, 6.07) is 3.84. The second-order valence-electron chi connectivity index (χ2n) is 9.13. The number of unbranched alkanes of at least 4 members (excludes halogenated alkanes) is 1. The van der Waals surface area contributed by atoms with Crippen molar-refractivity contribution in [3.05, 3.63) is 44.7 Å². The summed E-state index contributed by atoms with van der Waals surface area (Å²) in [4.78, 5) is 35.9. The Kier molecular flexibility index (Phi) is 6.72. The van der Waals surface area contributed by atoms with Crippen molar-refractivity contribution in [2.75, 3.05) is 24.5 Å². The van der Waals surface area contributed by atoms with E-state index in [0.717, 1.165) is 37.9 Å². The van der Waals surface area contributed by atoms with Gasteiger partial charge in [-0.15, -0.1) is 0 Å². The third-order valence-electron chi connectivity index (χ3n) is 6.04. The molecule has 6 nitrogen and oxygen atoms in total. The maximum Gasteiger partial charge on any atom is 0.267 e. The summed E-state index contributed by atoms with van der Waals surface area (Å²) in [7, 11) is 0. The number of fused-ring (bicyclic) bond motifs is 1. The topological polar surface area (TPSA) is 57.9 Å². The molecule has 2 atom stereocenters. The Bertz CT molecular complexity index is 1150. The van der Waals surface area contributed by atoms with Crippen LogP contribution in [-0.4, -0.2) is 44.1 Å². The van der Waals surface area contributed by atoms with Crippen molar-refractivity contribution < 1.29 is 4.79 Å². The SMILES string of the molecule is CCCCN1C(=O)/C(=C/c2c(N3CC(C)CC(C)C3)nc3ccc(C)cn3c2=O)SC1=S. The lowest BCUT2D eigenvalue weighted by Gasteiger charge is -2.36. The first-order valence-corrected chi connectivity index (χ1v) is 12.5. The van der Waals surface area contributed by atoms with Gasteiger partial charge in [0, 0.05) is 25.8 Å². The van der Waals surface area contributed by atoms with Crippen molar-refractivity contribution >= 4 is 51.7 Å². The molecule has 0 aliphatic carbocycles. The molecule has 2 unspecified atom stereocenters. The van der Waals surface area contributed by atoms with Crippen molar-refractivity contribution in [1.29, 1.82) is 0 Å². The fourth-order valence-electron chi connectivity index (χ4n) is 4.59. The van der Waals surface area contributed by atoms with Gasteiger partial charge in [-0.2, -0.15) is 0 Å². The highest BCUT2D eigenvalue weighted by molar-refractivity contribution is 8.26. The molecule has 0 aromatic carbocycles. The Morgan fingerprint density at radius 3 is 2.62 bits per heavy atom. The summed E-state index contributed by atoms with van der Waals surface area (Å²) < 4.78 is 2.14. The van der Waals surface area contributed by atoms with E-state index in [-0.39, 0.29) is 11.5 Å². The molecule has 0 radical (unpaired) electrons. The van der Waals surface area contributed by atoms with Crippen LogP contribution in [0.3, 0.4) is 0 Å². The van der Waals surface area contributed by atoms with Gasteiger partial charge in [0.05, 0.1) is 10.5 Å². The molecule has 1 amide bonds. The zero-order valence-electron chi connectivity index (χ0n) is 19.1. The molecule has 0 spiro atoms. The smallest absolute Gasteiger partial charge is 0.267 e. The Labute approximate surface area is 198 Å².